The van der Waals surface area contributed by atoms with Gasteiger partial charge in [-0.2, -0.15) is 0 Å². The molecule has 3 nitrogen and oxygen atoms in total. The fourth-order valence-electron chi connectivity index (χ4n) is 3.75. The molecule has 26 heavy (non-hydrogen) atoms. The van der Waals surface area contributed by atoms with Crippen molar-refractivity contribution in [3.8, 4) is 0 Å². The number of thiocarbonyl (C=S) groups is 1. The molecule has 0 N–H and O–H groups in total. The van der Waals surface area contributed by atoms with Crippen molar-refractivity contribution in [2.75, 3.05) is 6.54 Å². The molecule has 0 spiro atoms. The molecule has 1 saturated heterocycles. The Kier molecular flexibility index (Phi) is 12.8. The summed E-state index contributed by atoms with van der Waals surface area (Å²) in [5.41, 5.74) is 0. The van der Waals surface area contributed by atoms with Gasteiger partial charge in [0.2, 0.25) is 5.91 Å². The molecule has 0 radical (unpaired) electrons. The van der Waals surface area contributed by atoms with Crippen LogP contribution in [0, 0.1) is 5.92 Å². The molecule has 150 valence electrons. The Hall–Kier alpha value is -0.770. The first-order valence-corrected chi connectivity index (χ1v) is 11.3. The second kappa shape index (κ2) is 14.3. The van der Waals surface area contributed by atoms with Crippen LogP contribution in [-0.2, 0) is 9.59 Å². The second-order valence-corrected chi connectivity index (χ2v) is 8.35. The van der Waals surface area contributed by atoms with Crippen molar-refractivity contribution in [2.45, 2.75) is 110 Å². The van der Waals surface area contributed by atoms with Crippen LogP contribution in [-0.4, -0.2) is 28.1 Å². The van der Waals surface area contributed by atoms with Crippen molar-refractivity contribution >= 4 is 28.9 Å². The van der Waals surface area contributed by atoms with Crippen molar-refractivity contribution < 1.29 is 9.59 Å². The first kappa shape index (κ1) is 23.3. The maximum absolute atomic E-state index is 12.3. The molecule has 0 aromatic carbocycles. The molecule has 0 bridgehead atoms. The molecule has 0 aliphatic carbocycles. The van der Waals surface area contributed by atoms with Gasteiger partial charge in [-0.05, 0) is 6.42 Å². The molecule has 0 aromatic heterocycles. The van der Waals surface area contributed by atoms with Gasteiger partial charge in [-0.3, -0.25) is 9.59 Å². The van der Waals surface area contributed by atoms with E-state index in [4.69, 9.17) is 12.2 Å². The third-order valence-corrected chi connectivity index (χ3v) is 5.87. The van der Waals surface area contributed by atoms with Gasteiger partial charge < -0.3 is 4.90 Å². The van der Waals surface area contributed by atoms with E-state index >= 15 is 0 Å². The fourth-order valence-corrected chi connectivity index (χ4v) is 4.15. The van der Waals surface area contributed by atoms with Gasteiger partial charge in [0.05, 0.1) is 4.99 Å². The summed E-state index contributed by atoms with van der Waals surface area (Å²) in [6.07, 6.45) is 18.4. The van der Waals surface area contributed by atoms with Gasteiger partial charge >= 0.3 is 0 Å². The highest BCUT2D eigenvalue weighted by atomic mass is 32.1. The second-order valence-electron chi connectivity index (χ2n) is 7.88. The summed E-state index contributed by atoms with van der Waals surface area (Å²) < 4.78 is 0. The van der Waals surface area contributed by atoms with Crippen LogP contribution >= 0.6 is 12.2 Å². The van der Waals surface area contributed by atoms with Gasteiger partial charge in [0, 0.05) is 32.2 Å². The number of hydrogen-bond acceptors (Lipinski definition) is 3. The van der Waals surface area contributed by atoms with Crippen molar-refractivity contribution in [1.82, 2.24) is 4.90 Å². The van der Waals surface area contributed by atoms with Crippen molar-refractivity contribution in [2.24, 2.45) is 5.92 Å². The Morgan fingerprint density at radius 2 is 1.35 bits per heavy atom. The molecule has 4 heteroatoms. The number of Topliss-reactive ketones (excluding diaryl/α,β-unsaturated/α-hetero) is 1. The Balaban J connectivity index is 1.91. The minimum atomic E-state index is -0.0521. The molecule has 1 rings (SSSR count). The summed E-state index contributed by atoms with van der Waals surface area (Å²) in [4.78, 5) is 25.9. The smallest absolute Gasteiger partial charge is 0.224 e. The van der Waals surface area contributed by atoms with Gasteiger partial charge in [-0.25, -0.2) is 0 Å². The number of unbranched alkanes of at least 4 members (excludes halogenated alkanes) is 12. The van der Waals surface area contributed by atoms with Gasteiger partial charge in [-0.1, -0.05) is 96.2 Å². The van der Waals surface area contributed by atoms with Crippen molar-refractivity contribution in [3.63, 3.8) is 0 Å². The Bertz CT molecular complexity index is 436. The van der Waals surface area contributed by atoms with Crippen LogP contribution in [0.25, 0.3) is 0 Å². The zero-order valence-electron chi connectivity index (χ0n) is 17.1. The molecule has 1 fully saturated rings. The molecule has 1 amide bonds. The molecular weight excluding hydrogens is 342 g/mol. The van der Waals surface area contributed by atoms with Crippen molar-refractivity contribution in [3.05, 3.63) is 0 Å². The lowest BCUT2D eigenvalue weighted by Crippen LogP contribution is -2.29. The summed E-state index contributed by atoms with van der Waals surface area (Å²) >= 11 is 5.21. The number of amides is 1. The average molecular weight is 382 g/mol. The lowest BCUT2D eigenvalue weighted by molar-refractivity contribution is -0.126. The Labute approximate surface area is 166 Å². The molecule has 1 aliphatic rings. The molecule has 0 saturated carbocycles. The number of hydrogen-bond donors (Lipinski definition) is 0. The number of carbonyl (C=O) groups is 2. The first-order chi connectivity index (χ1) is 12.6. The van der Waals surface area contributed by atoms with Gasteiger partial charge in [0.15, 0.2) is 0 Å². The topological polar surface area (TPSA) is 37.4 Å². The predicted octanol–water partition coefficient (Wildman–Crippen LogP) is 6.23. The maximum Gasteiger partial charge on any atom is 0.224 e. The number of rotatable bonds is 15. The lowest BCUT2D eigenvalue weighted by Gasteiger charge is -2.13. The van der Waals surface area contributed by atoms with Crippen molar-refractivity contribution in [1.29, 1.82) is 0 Å². The third kappa shape index (κ3) is 9.80. The predicted molar refractivity (Wildman–Crippen MR) is 113 cm³/mol. The number of likely N-dealkylation sites (tertiary alicyclic amines) is 1. The lowest BCUT2D eigenvalue weighted by atomic mass is 9.97. The van der Waals surface area contributed by atoms with E-state index in [9.17, 15) is 9.59 Å². The van der Waals surface area contributed by atoms with Gasteiger partial charge in [-0.15, -0.1) is 0 Å². The van der Waals surface area contributed by atoms with E-state index in [1.807, 2.05) is 0 Å². The standard InChI is InChI=1S/C22H39NO2S/c1-3-4-5-6-7-8-9-10-11-12-13-14-15-16-21(25)20-17-22(26)23(18-20)19(2)24/h20H,3-18H2,1-2H3/t20-/m1/s1. The molecular formula is C22H39NO2S. The number of carbonyl (C=O) groups excluding carboxylic acids is 2. The Morgan fingerprint density at radius 3 is 1.77 bits per heavy atom. The van der Waals surface area contributed by atoms with Crippen LogP contribution in [0.15, 0.2) is 0 Å². The first-order valence-electron chi connectivity index (χ1n) is 10.9. The highest BCUT2D eigenvalue weighted by Gasteiger charge is 2.32. The minimum Gasteiger partial charge on any atom is -0.306 e. The van der Waals surface area contributed by atoms with E-state index in [0.717, 1.165) is 12.8 Å². The molecule has 1 aliphatic heterocycles. The van der Waals surface area contributed by atoms with Crippen LogP contribution in [0.4, 0.5) is 0 Å². The van der Waals surface area contributed by atoms with Crippen LogP contribution < -0.4 is 0 Å². The maximum atomic E-state index is 12.3. The normalized spacial score (nSPS) is 17.1. The van der Waals surface area contributed by atoms with Crippen LogP contribution in [0.3, 0.4) is 0 Å². The Morgan fingerprint density at radius 1 is 0.885 bits per heavy atom. The summed E-state index contributed by atoms with van der Waals surface area (Å²) in [6, 6.07) is 0. The SMILES string of the molecule is CCCCCCCCCCCCCCCC(=O)[C@@H]1CC(=S)N(C(C)=O)C1. The highest BCUT2D eigenvalue weighted by Crippen LogP contribution is 2.22. The molecule has 1 atom stereocenters. The van der Waals surface area contributed by atoms with E-state index in [0.29, 0.717) is 30.2 Å². The van der Waals surface area contributed by atoms with Gasteiger partial charge in [0.25, 0.3) is 0 Å². The zero-order chi connectivity index (χ0) is 19.2. The molecule has 1 heterocycles. The van der Waals surface area contributed by atoms with E-state index in [1.165, 1.54) is 77.6 Å². The monoisotopic (exact) mass is 381 g/mol. The minimum absolute atomic E-state index is 0.0359. The quantitative estimate of drug-likeness (QED) is 0.249. The summed E-state index contributed by atoms with van der Waals surface area (Å²) in [6.45, 7) is 4.29. The number of nitrogens with zero attached hydrogens (tertiary/aromatic N) is 1. The van der Waals surface area contributed by atoms with Crippen LogP contribution in [0.1, 0.15) is 110 Å². The fraction of sp³-hybridized carbons (Fsp3) is 0.864. The molecule has 0 unspecified atom stereocenters. The van der Waals surface area contributed by atoms with E-state index in [1.54, 1.807) is 4.90 Å². The summed E-state index contributed by atoms with van der Waals surface area (Å²) in [7, 11) is 0. The number of ketones is 1. The zero-order valence-corrected chi connectivity index (χ0v) is 17.9. The highest BCUT2D eigenvalue weighted by molar-refractivity contribution is 7.80. The van der Waals surface area contributed by atoms with E-state index in [2.05, 4.69) is 6.92 Å². The van der Waals surface area contributed by atoms with Gasteiger partial charge in [0.1, 0.15) is 5.78 Å². The summed E-state index contributed by atoms with van der Waals surface area (Å²) in [5, 5.41) is 0. The van der Waals surface area contributed by atoms with E-state index < -0.39 is 0 Å². The van der Waals surface area contributed by atoms with Crippen LogP contribution in [0.2, 0.25) is 0 Å². The largest absolute Gasteiger partial charge is 0.306 e. The molecule has 0 aromatic rings. The van der Waals surface area contributed by atoms with E-state index in [-0.39, 0.29) is 11.8 Å². The van der Waals surface area contributed by atoms with Crippen LogP contribution in [0.5, 0.6) is 0 Å². The third-order valence-electron chi connectivity index (χ3n) is 5.49. The average Bonchev–Trinajstić information content (AvgIpc) is 3.01. The summed E-state index contributed by atoms with van der Waals surface area (Å²) in [5.74, 6) is 0.203.